The highest BCUT2D eigenvalue weighted by Gasteiger charge is 2.24. The van der Waals surface area contributed by atoms with Crippen molar-refractivity contribution in [3.8, 4) is 0 Å². The van der Waals surface area contributed by atoms with E-state index in [0.29, 0.717) is 11.3 Å². The molecule has 0 spiro atoms. The van der Waals surface area contributed by atoms with Crippen molar-refractivity contribution in [3.63, 3.8) is 0 Å². The monoisotopic (exact) mass is 288 g/mol. The lowest BCUT2D eigenvalue weighted by atomic mass is 9.97. The van der Waals surface area contributed by atoms with Gasteiger partial charge >= 0.3 is 0 Å². The number of piperidine rings is 1. The van der Waals surface area contributed by atoms with Crippen LogP contribution < -0.4 is 4.90 Å². The van der Waals surface area contributed by atoms with E-state index in [2.05, 4.69) is 25.9 Å². The Balaban J connectivity index is 1.80. The SMILES string of the molecule is Clc1nccc(N2CCCC[C@@H]2Cc2ccccn2)n1. The molecule has 0 bridgehead atoms. The maximum Gasteiger partial charge on any atom is 0.224 e. The molecule has 104 valence electrons. The molecule has 0 amide bonds. The number of halogens is 1. The van der Waals surface area contributed by atoms with Crippen molar-refractivity contribution in [3.05, 3.63) is 47.6 Å². The van der Waals surface area contributed by atoms with Crippen LogP contribution in [0.5, 0.6) is 0 Å². The first-order chi connectivity index (χ1) is 9.83. The van der Waals surface area contributed by atoms with Crippen LogP contribution >= 0.6 is 11.6 Å². The lowest BCUT2D eigenvalue weighted by molar-refractivity contribution is 0.451. The summed E-state index contributed by atoms with van der Waals surface area (Å²) in [7, 11) is 0. The fourth-order valence-corrected chi connectivity index (χ4v) is 2.90. The average molecular weight is 289 g/mol. The van der Waals surface area contributed by atoms with Crippen molar-refractivity contribution in [2.24, 2.45) is 0 Å². The summed E-state index contributed by atoms with van der Waals surface area (Å²) in [4.78, 5) is 15.1. The van der Waals surface area contributed by atoms with Crippen LogP contribution in [0.3, 0.4) is 0 Å². The Morgan fingerprint density at radius 3 is 2.90 bits per heavy atom. The summed E-state index contributed by atoms with van der Waals surface area (Å²) in [6, 6.07) is 8.44. The van der Waals surface area contributed by atoms with Crippen LogP contribution in [0.1, 0.15) is 25.0 Å². The van der Waals surface area contributed by atoms with Crippen LogP contribution in [0.25, 0.3) is 0 Å². The highest BCUT2D eigenvalue weighted by molar-refractivity contribution is 6.28. The van der Waals surface area contributed by atoms with Gasteiger partial charge in [0.1, 0.15) is 5.82 Å². The predicted molar refractivity (Wildman–Crippen MR) is 80.0 cm³/mol. The molecule has 1 saturated heterocycles. The van der Waals surface area contributed by atoms with Crippen molar-refractivity contribution in [1.82, 2.24) is 15.0 Å². The van der Waals surface area contributed by atoms with Gasteiger partial charge in [-0.1, -0.05) is 6.07 Å². The number of nitrogens with zero attached hydrogens (tertiary/aromatic N) is 4. The average Bonchev–Trinajstić information content (AvgIpc) is 2.49. The van der Waals surface area contributed by atoms with Crippen molar-refractivity contribution in [1.29, 1.82) is 0 Å². The predicted octanol–water partition coefficient (Wildman–Crippen LogP) is 3.13. The van der Waals surface area contributed by atoms with Gasteiger partial charge in [-0.15, -0.1) is 0 Å². The van der Waals surface area contributed by atoms with Gasteiger partial charge in [-0.05, 0) is 49.1 Å². The summed E-state index contributed by atoms with van der Waals surface area (Å²) in [5.41, 5.74) is 1.13. The Hall–Kier alpha value is -1.68. The van der Waals surface area contributed by atoms with E-state index < -0.39 is 0 Å². The Morgan fingerprint density at radius 1 is 1.15 bits per heavy atom. The van der Waals surface area contributed by atoms with E-state index in [0.717, 1.165) is 30.9 Å². The molecule has 0 unspecified atom stereocenters. The molecule has 2 aromatic rings. The first kappa shape index (κ1) is 13.3. The van der Waals surface area contributed by atoms with Gasteiger partial charge in [-0.2, -0.15) is 0 Å². The standard InChI is InChI=1S/C15H17ClN4/c16-15-18-9-7-14(19-15)20-10-4-2-6-13(20)11-12-5-1-3-8-17-12/h1,3,5,7-9,13H,2,4,6,10-11H2/t13-/m1/s1. The lowest BCUT2D eigenvalue weighted by Gasteiger charge is -2.36. The molecular formula is C15H17ClN4. The van der Waals surface area contributed by atoms with Gasteiger partial charge in [0.05, 0.1) is 0 Å². The topological polar surface area (TPSA) is 41.9 Å². The van der Waals surface area contributed by atoms with E-state index in [9.17, 15) is 0 Å². The smallest absolute Gasteiger partial charge is 0.224 e. The van der Waals surface area contributed by atoms with E-state index >= 15 is 0 Å². The van der Waals surface area contributed by atoms with Crippen LogP contribution in [-0.2, 0) is 6.42 Å². The van der Waals surface area contributed by atoms with E-state index in [4.69, 9.17) is 11.6 Å². The molecule has 1 aliphatic heterocycles. The second-order valence-corrected chi connectivity index (χ2v) is 5.39. The van der Waals surface area contributed by atoms with Gasteiger partial charge in [0.25, 0.3) is 0 Å². The molecule has 20 heavy (non-hydrogen) atoms. The van der Waals surface area contributed by atoms with E-state index in [1.54, 1.807) is 6.20 Å². The summed E-state index contributed by atoms with van der Waals surface area (Å²) < 4.78 is 0. The molecule has 2 aromatic heterocycles. The molecule has 1 atom stereocenters. The second kappa shape index (κ2) is 6.18. The second-order valence-electron chi connectivity index (χ2n) is 5.05. The third-order valence-electron chi connectivity index (χ3n) is 3.70. The van der Waals surface area contributed by atoms with Crippen molar-refractivity contribution >= 4 is 17.4 Å². The van der Waals surface area contributed by atoms with Crippen molar-refractivity contribution < 1.29 is 0 Å². The van der Waals surface area contributed by atoms with Crippen molar-refractivity contribution in [2.75, 3.05) is 11.4 Å². The first-order valence-corrected chi connectivity index (χ1v) is 7.36. The molecule has 0 aromatic carbocycles. The Kier molecular flexibility index (Phi) is 4.11. The van der Waals surface area contributed by atoms with Crippen LogP contribution in [-0.4, -0.2) is 27.5 Å². The highest BCUT2D eigenvalue weighted by Crippen LogP contribution is 2.25. The van der Waals surface area contributed by atoms with Gasteiger partial charge in [0.15, 0.2) is 0 Å². The Bertz CT molecular complexity index is 561. The lowest BCUT2D eigenvalue weighted by Crippen LogP contribution is -2.41. The van der Waals surface area contributed by atoms with Gasteiger partial charge in [0, 0.05) is 37.1 Å². The van der Waals surface area contributed by atoms with Gasteiger partial charge < -0.3 is 4.90 Å². The third-order valence-corrected chi connectivity index (χ3v) is 3.89. The van der Waals surface area contributed by atoms with Crippen LogP contribution in [0.4, 0.5) is 5.82 Å². The summed E-state index contributed by atoms with van der Waals surface area (Å²) in [5.74, 6) is 0.922. The minimum Gasteiger partial charge on any atom is -0.353 e. The van der Waals surface area contributed by atoms with Crippen LogP contribution in [0, 0.1) is 0 Å². The largest absolute Gasteiger partial charge is 0.353 e. The number of pyridine rings is 1. The number of anilines is 1. The zero-order valence-electron chi connectivity index (χ0n) is 11.2. The molecule has 3 rings (SSSR count). The molecule has 0 N–H and O–H groups in total. The molecule has 3 heterocycles. The normalized spacial score (nSPS) is 19.1. The maximum atomic E-state index is 5.91. The van der Waals surface area contributed by atoms with Crippen LogP contribution in [0.2, 0.25) is 5.28 Å². The van der Waals surface area contributed by atoms with Crippen molar-refractivity contribution in [2.45, 2.75) is 31.7 Å². The molecular weight excluding hydrogens is 272 g/mol. The third kappa shape index (κ3) is 3.07. The summed E-state index contributed by atoms with van der Waals surface area (Å²) >= 11 is 5.91. The molecule has 4 nitrogen and oxygen atoms in total. The molecule has 5 heteroatoms. The van der Waals surface area contributed by atoms with E-state index in [-0.39, 0.29) is 0 Å². The first-order valence-electron chi connectivity index (χ1n) is 6.98. The molecule has 1 fully saturated rings. The molecule has 0 aliphatic carbocycles. The number of aromatic nitrogens is 3. The number of hydrogen-bond acceptors (Lipinski definition) is 4. The zero-order chi connectivity index (χ0) is 13.8. The van der Waals surface area contributed by atoms with E-state index in [1.807, 2.05) is 24.4 Å². The zero-order valence-corrected chi connectivity index (χ0v) is 12.0. The molecule has 0 radical (unpaired) electrons. The minimum atomic E-state index is 0.310. The van der Waals surface area contributed by atoms with Crippen LogP contribution in [0.15, 0.2) is 36.7 Å². The summed E-state index contributed by atoms with van der Waals surface area (Å²) in [5, 5.41) is 0.310. The summed E-state index contributed by atoms with van der Waals surface area (Å²) in [6.45, 7) is 1.02. The van der Waals surface area contributed by atoms with E-state index in [1.165, 1.54) is 12.8 Å². The Morgan fingerprint density at radius 2 is 2.10 bits per heavy atom. The fraction of sp³-hybridized carbons (Fsp3) is 0.400. The molecule has 1 aliphatic rings. The highest BCUT2D eigenvalue weighted by atomic mass is 35.5. The minimum absolute atomic E-state index is 0.310. The molecule has 0 saturated carbocycles. The van der Waals surface area contributed by atoms with Gasteiger partial charge in [-0.3, -0.25) is 4.98 Å². The summed E-state index contributed by atoms with van der Waals surface area (Å²) in [6.07, 6.45) is 8.13. The van der Waals surface area contributed by atoms with Gasteiger partial charge in [-0.25, -0.2) is 9.97 Å². The number of rotatable bonds is 3. The maximum absolute atomic E-state index is 5.91. The number of hydrogen-bond donors (Lipinski definition) is 0. The quantitative estimate of drug-likeness (QED) is 0.814. The van der Waals surface area contributed by atoms with Gasteiger partial charge in [0.2, 0.25) is 5.28 Å². The Labute approximate surface area is 123 Å². The fourth-order valence-electron chi connectivity index (χ4n) is 2.76.